The monoisotopic (exact) mass is 282 g/mol. The zero-order valence-corrected chi connectivity index (χ0v) is 10.3. The van der Waals surface area contributed by atoms with Crippen molar-refractivity contribution in [2.75, 3.05) is 16.5 Å². The number of unbranched alkanes of at least 4 members (excludes halogenated alkanes) is 3. The highest BCUT2D eigenvalue weighted by molar-refractivity contribution is 9.09. The van der Waals surface area contributed by atoms with Crippen molar-refractivity contribution in [3.63, 3.8) is 0 Å². The Kier molecular flexibility index (Phi) is 23.5. The van der Waals surface area contributed by atoms with Crippen molar-refractivity contribution in [1.82, 2.24) is 0 Å². The minimum Gasteiger partial charge on any atom is -0.127 e. The van der Waals surface area contributed by atoms with Gasteiger partial charge in [0.1, 0.15) is 0 Å². The van der Waals surface area contributed by atoms with Crippen LogP contribution in [-0.4, -0.2) is 16.5 Å². The van der Waals surface area contributed by atoms with Crippen LogP contribution in [0.1, 0.15) is 25.7 Å². The summed E-state index contributed by atoms with van der Waals surface area (Å²) < 4.78 is 0. The molecule has 0 aromatic rings. The first-order chi connectivity index (χ1) is 5.33. The van der Waals surface area contributed by atoms with E-state index in [1.165, 1.54) is 12.8 Å². The third-order valence-electron chi connectivity index (χ3n) is 1.02. The van der Waals surface area contributed by atoms with Crippen LogP contribution in [0.25, 0.3) is 0 Å². The van der Waals surface area contributed by atoms with Crippen LogP contribution in [0.2, 0.25) is 0 Å². The van der Waals surface area contributed by atoms with Crippen LogP contribution in [0, 0.1) is 0 Å². The number of halogens is 4. The van der Waals surface area contributed by atoms with Gasteiger partial charge in [-0.05, 0) is 12.8 Å². The summed E-state index contributed by atoms with van der Waals surface area (Å²) in [7, 11) is 0. The van der Waals surface area contributed by atoms with Gasteiger partial charge in [0.2, 0.25) is 0 Å². The lowest BCUT2D eigenvalue weighted by Crippen LogP contribution is -1.78. The van der Waals surface area contributed by atoms with Gasteiger partial charge in [0.15, 0.2) is 0 Å². The van der Waals surface area contributed by atoms with Gasteiger partial charge in [-0.1, -0.05) is 28.8 Å². The fourth-order valence-corrected chi connectivity index (χ4v) is 0.921. The van der Waals surface area contributed by atoms with Crippen LogP contribution in [0.15, 0.2) is 0 Å². The number of alkyl halides is 4. The zero-order valence-electron chi connectivity index (χ0n) is 6.46. The molecule has 0 bridgehead atoms. The lowest BCUT2D eigenvalue weighted by atomic mass is 10.2. The second-order valence-electron chi connectivity index (χ2n) is 1.89. The average molecular weight is 284 g/mol. The van der Waals surface area contributed by atoms with Gasteiger partial charge in [0.05, 0.1) is 4.79 Å². The Balaban J connectivity index is 0. The zero-order chi connectivity index (χ0) is 8.95. The van der Waals surface area contributed by atoms with Gasteiger partial charge >= 0.3 is 0 Å². The van der Waals surface area contributed by atoms with Crippen LogP contribution in [-0.2, 0) is 0 Å². The summed E-state index contributed by atoms with van der Waals surface area (Å²) in [6.07, 6.45) is 4.74. The number of hydrogen-bond acceptors (Lipinski definition) is 0. The van der Waals surface area contributed by atoms with Gasteiger partial charge in [-0.3, -0.25) is 0 Å². The maximum Gasteiger partial charge on any atom is 0.0778 e. The molecule has 0 radical (unpaired) electrons. The Morgan fingerprint density at radius 1 is 0.727 bits per heavy atom. The average Bonchev–Trinajstić information content (AvgIpc) is 2.00. The van der Waals surface area contributed by atoms with E-state index in [1.54, 1.807) is 0 Å². The Morgan fingerprint density at radius 3 is 1.18 bits per heavy atom. The van der Waals surface area contributed by atoms with Crippen LogP contribution in [0.5, 0.6) is 0 Å². The van der Waals surface area contributed by atoms with E-state index in [0.717, 1.165) is 24.6 Å². The van der Waals surface area contributed by atoms with Crippen LogP contribution < -0.4 is 0 Å². The summed E-state index contributed by atoms with van der Waals surface area (Å²) in [5, 5.41) is 0. The highest BCUT2D eigenvalue weighted by atomic mass is 79.9. The maximum atomic E-state index is 5.45. The van der Waals surface area contributed by atoms with E-state index < -0.39 is 0 Å². The molecule has 0 heterocycles. The normalized spacial score (nSPS) is 8.73. The van der Waals surface area contributed by atoms with E-state index in [2.05, 4.69) is 15.9 Å². The molecule has 4 heteroatoms. The lowest BCUT2D eigenvalue weighted by molar-refractivity contribution is 0.708. The Bertz CT molecular complexity index is 47.0. The molecule has 0 aromatic heterocycles. The highest BCUT2D eigenvalue weighted by Gasteiger charge is 1.85. The standard InChI is InChI=1S/C6H12Cl2.CH2BrCl/c7-5-3-1-2-4-6-8;2-1-3/h1-6H2;1H2. The van der Waals surface area contributed by atoms with Crippen molar-refractivity contribution in [2.45, 2.75) is 25.7 Å². The molecule has 0 spiro atoms. The Hall–Kier alpha value is 1.35. The molecule has 0 unspecified atom stereocenters. The summed E-state index contributed by atoms with van der Waals surface area (Å²) >= 11 is 18.7. The van der Waals surface area contributed by atoms with Gasteiger partial charge in [-0.25, -0.2) is 0 Å². The molecule has 0 amide bonds. The summed E-state index contributed by atoms with van der Waals surface area (Å²) in [6.45, 7) is 0. The van der Waals surface area contributed by atoms with Crippen molar-refractivity contribution < 1.29 is 0 Å². The third-order valence-corrected chi connectivity index (χ3v) is 1.55. The SMILES string of the molecule is ClCBr.ClCCCCCCCl. The smallest absolute Gasteiger partial charge is 0.0778 e. The van der Waals surface area contributed by atoms with Gasteiger partial charge in [-0.2, -0.15) is 0 Å². The maximum absolute atomic E-state index is 5.45. The van der Waals surface area contributed by atoms with E-state index in [1.807, 2.05) is 0 Å². The van der Waals surface area contributed by atoms with Crippen molar-refractivity contribution >= 4 is 50.7 Å². The van der Waals surface area contributed by atoms with Crippen LogP contribution in [0.4, 0.5) is 0 Å². The summed E-state index contributed by atoms with van der Waals surface area (Å²) in [4.78, 5) is 0.535. The topological polar surface area (TPSA) is 0 Å². The molecule has 0 nitrogen and oxygen atoms in total. The van der Waals surface area contributed by atoms with E-state index in [4.69, 9.17) is 34.8 Å². The second-order valence-corrected chi connectivity index (χ2v) is 4.12. The Labute approximate surface area is 92.7 Å². The second kappa shape index (κ2) is 17.4. The van der Waals surface area contributed by atoms with Crippen molar-refractivity contribution in [3.05, 3.63) is 0 Å². The number of hydrogen-bond donors (Lipinski definition) is 0. The molecule has 0 rings (SSSR count). The molecule has 0 fully saturated rings. The summed E-state index contributed by atoms with van der Waals surface area (Å²) in [5.41, 5.74) is 0. The van der Waals surface area contributed by atoms with Gasteiger partial charge in [0.25, 0.3) is 0 Å². The van der Waals surface area contributed by atoms with E-state index in [-0.39, 0.29) is 0 Å². The highest BCUT2D eigenvalue weighted by Crippen LogP contribution is 2.01. The predicted octanol–water partition coefficient (Wildman–Crippen LogP) is 4.60. The summed E-state index contributed by atoms with van der Waals surface area (Å²) in [6, 6.07) is 0. The van der Waals surface area contributed by atoms with E-state index in [0.29, 0.717) is 4.79 Å². The summed E-state index contributed by atoms with van der Waals surface area (Å²) in [5.74, 6) is 1.59. The molecule has 0 aliphatic heterocycles. The fraction of sp³-hybridized carbons (Fsp3) is 1.00. The minimum atomic E-state index is 0.535. The molecule has 0 aliphatic rings. The third kappa shape index (κ3) is 24.6. The minimum absolute atomic E-state index is 0.535. The predicted molar refractivity (Wildman–Crippen MR) is 59.6 cm³/mol. The molecule has 0 N–H and O–H groups in total. The van der Waals surface area contributed by atoms with E-state index >= 15 is 0 Å². The Morgan fingerprint density at radius 2 is 1.00 bits per heavy atom. The fourth-order valence-electron chi connectivity index (χ4n) is 0.543. The quantitative estimate of drug-likeness (QED) is 0.511. The molecule has 70 valence electrons. The van der Waals surface area contributed by atoms with Crippen LogP contribution in [0.3, 0.4) is 0 Å². The first kappa shape index (κ1) is 14.9. The number of rotatable bonds is 5. The van der Waals surface area contributed by atoms with Crippen molar-refractivity contribution in [3.8, 4) is 0 Å². The van der Waals surface area contributed by atoms with E-state index in [9.17, 15) is 0 Å². The first-order valence-electron chi connectivity index (χ1n) is 3.57. The molecule has 0 atom stereocenters. The van der Waals surface area contributed by atoms with Gasteiger partial charge in [-0.15, -0.1) is 34.8 Å². The molecule has 0 aromatic carbocycles. The van der Waals surface area contributed by atoms with Crippen molar-refractivity contribution in [1.29, 1.82) is 0 Å². The molecular formula is C7H14BrCl3. The van der Waals surface area contributed by atoms with Crippen LogP contribution >= 0.6 is 50.7 Å². The molecule has 0 aliphatic carbocycles. The molecule has 0 saturated carbocycles. The lowest BCUT2D eigenvalue weighted by Gasteiger charge is -1.92. The molecule has 0 saturated heterocycles. The molecular weight excluding hydrogens is 270 g/mol. The van der Waals surface area contributed by atoms with Gasteiger partial charge < -0.3 is 0 Å². The first-order valence-corrected chi connectivity index (χ1v) is 6.29. The van der Waals surface area contributed by atoms with Crippen molar-refractivity contribution in [2.24, 2.45) is 0 Å². The largest absolute Gasteiger partial charge is 0.127 e. The molecule has 11 heavy (non-hydrogen) atoms. The van der Waals surface area contributed by atoms with Gasteiger partial charge in [0, 0.05) is 11.8 Å².